The molecule has 1 N–H and O–H groups in total. The van der Waals surface area contributed by atoms with Gasteiger partial charge < -0.3 is 9.84 Å². The van der Waals surface area contributed by atoms with Gasteiger partial charge in [-0.05, 0) is 23.8 Å². The molecule has 0 aliphatic heterocycles. The largest absolute Gasteiger partial charge is 0.388 e. The molecule has 3 heteroatoms. The average molecular weight is 200 g/mol. The Labute approximate surface area is 83.2 Å². The first-order valence-corrected chi connectivity index (χ1v) is 5.32. The van der Waals surface area contributed by atoms with E-state index >= 15 is 0 Å². The molecule has 74 valence electrons. The molecule has 0 aliphatic rings. The first-order valence-electron chi connectivity index (χ1n) is 4.44. The van der Waals surface area contributed by atoms with Crippen molar-refractivity contribution in [3.63, 3.8) is 0 Å². The summed E-state index contributed by atoms with van der Waals surface area (Å²) in [7, 11) is 1.69. The molecule has 1 aromatic heterocycles. The van der Waals surface area contributed by atoms with Gasteiger partial charge in [0.05, 0.1) is 6.10 Å². The molecule has 13 heavy (non-hydrogen) atoms. The predicted molar refractivity (Wildman–Crippen MR) is 54.9 cm³/mol. The average Bonchev–Trinajstić information content (AvgIpc) is 2.55. The lowest BCUT2D eigenvalue weighted by Gasteiger charge is -2.14. The molecule has 2 nitrogen and oxygen atoms in total. The third-order valence-corrected chi connectivity index (χ3v) is 2.92. The van der Waals surface area contributed by atoms with E-state index in [2.05, 4.69) is 6.92 Å². The van der Waals surface area contributed by atoms with Crippen LogP contribution in [0.5, 0.6) is 0 Å². The fourth-order valence-electron chi connectivity index (χ4n) is 1.33. The van der Waals surface area contributed by atoms with Crippen LogP contribution in [0, 0.1) is 5.92 Å². The van der Waals surface area contributed by atoms with E-state index in [1.807, 2.05) is 17.5 Å². The normalized spacial score (nSPS) is 15.6. The molecule has 0 radical (unpaired) electrons. The van der Waals surface area contributed by atoms with Gasteiger partial charge in [-0.15, -0.1) is 11.3 Å². The number of aliphatic hydroxyl groups is 1. The number of aliphatic hydroxyl groups excluding tert-OH is 1. The monoisotopic (exact) mass is 200 g/mol. The summed E-state index contributed by atoms with van der Waals surface area (Å²) < 4.78 is 5.01. The fraction of sp³-hybridized carbons (Fsp3) is 0.600. The van der Waals surface area contributed by atoms with Gasteiger partial charge in [-0.1, -0.05) is 13.0 Å². The summed E-state index contributed by atoms with van der Waals surface area (Å²) in [5.74, 6) is 0.405. The lowest BCUT2D eigenvalue weighted by Crippen LogP contribution is -2.08. The topological polar surface area (TPSA) is 29.5 Å². The van der Waals surface area contributed by atoms with E-state index in [4.69, 9.17) is 4.74 Å². The lowest BCUT2D eigenvalue weighted by atomic mass is 10.0. The van der Waals surface area contributed by atoms with Crippen molar-refractivity contribution >= 4 is 11.3 Å². The smallest absolute Gasteiger partial charge is 0.0885 e. The molecule has 1 aromatic rings. The molecule has 0 spiro atoms. The molecule has 0 bridgehead atoms. The van der Waals surface area contributed by atoms with Crippen LogP contribution in [0.1, 0.15) is 24.3 Å². The van der Waals surface area contributed by atoms with E-state index in [0.717, 1.165) is 11.3 Å². The second kappa shape index (κ2) is 5.37. The molecular weight excluding hydrogens is 184 g/mol. The van der Waals surface area contributed by atoms with Crippen molar-refractivity contribution in [3.8, 4) is 0 Å². The van der Waals surface area contributed by atoms with Crippen LogP contribution in [-0.2, 0) is 4.74 Å². The van der Waals surface area contributed by atoms with Crippen molar-refractivity contribution in [3.05, 3.63) is 22.4 Å². The van der Waals surface area contributed by atoms with Crippen molar-refractivity contribution in [2.75, 3.05) is 13.7 Å². The molecular formula is C10H16O2S. The Balaban J connectivity index is 2.37. The molecule has 0 saturated heterocycles. The Morgan fingerprint density at radius 1 is 1.62 bits per heavy atom. The van der Waals surface area contributed by atoms with E-state index in [1.165, 1.54) is 0 Å². The Kier molecular flexibility index (Phi) is 4.42. The zero-order valence-corrected chi connectivity index (χ0v) is 8.88. The fourth-order valence-corrected chi connectivity index (χ4v) is 2.06. The van der Waals surface area contributed by atoms with E-state index in [1.54, 1.807) is 18.4 Å². The third-order valence-electron chi connectivity index (χ3n) is 1.95. The number of thiophene rings is 1. The highest BCUT2D eigenvalue weighted by molar-refractivity contribution is 7.10. The summed E-state index contributed by atoms with van der Waals surface area (Å²) in [6.45, 7) is 2.79. The van der Waals surface area contributed by atoms with Crippen LogP contribution in [0.25, 0.3) is 0 Å². The molecule has 0 amide bonds. The summed E-state index contributed by atoms with van der Waals surface area (Å²) in [5.41, 5.74) is 0. The van der Waals surface area contributed by atoms with E-state index in [0.29, 0.717) is 12.5 Å². The molecule has 0 aromatic carbocycles. The van der Waals surface area contributed by atoms with Gasteiger partial charge >= 0.3 is 0 Å². The first kappa shape index (κ1) is 10.7. The minimum absolute atomic E-state index is 0.329. The molecule has 1 heterocycles. The molecule has 1 rings (SSSR count). The summed E-state index contributed by atoms with van der Waals surface area (Å²) >= 11 is 1.60. The van der Waals surface area contributed by atoms with Crippen LogP contribution in [0.15, 0.2) is 17.5 Å². The van der Waals surface area contributed by atoms with E-state index in [9.17, 15) is 5.11 Å². The highest BCUT2D eigenvalue weighted by atomic mass is 32.1. The Morgan fingerprint density at radius 3 is 2.92 bits per heavy atom. The number of methoxy groups -OCH3 is 1. The van der Waals surface area contributed by atoms with Crippen LogP contribution < -0.4 is 0 Å². The van der Waals surface area contributed by atoms with E-state index < -0.39 is 0 Å². The predicted octanol–water partition coefficient (Wildman–Crippen LogP) is 2.45. The Morgan fingerprint density at radius 2 is 2.38 bits per heavy atom. The SMILES string of the molecule is COCC(C)CC(O)c1cccs1. The maximum atomic E-state index is 9.76. The van der Waals surface area contributed by atoms with Crippen molar-refractivity contribution in [1.29, 1.82) is 0 Å². The van der Waals surface area contributed by atoms with Crippen molar-refractivity contribution in [1.82, 2.24) is 0 Å². The van der Waals surface area contributed by atoms with E-state index in [-0.39, 0.29) is 6.10 Å². The lowest BCUT2D eigenvalue weighted by molar-refractivity contribution is 0.104. The highest BCUT2D eigenvalue weighted by Gasteiger charge is 2.12. The Hall–Kier alpha value is -0.380. The number of hydrogen-bond donors (Lipinski definition) is 1. The molecule has 0 fully saturated rings. The molecule has 0 aliphatic carbocycles. The minimum Gasteiger partial charge on any atom is -0.388 e. The van der Waals surface area contributed by atoms with Crippen molar-refractivity contribution in [2.45, 2.75) is 19.4 Å². The zero-order chi connectivity index (χ0) is 9.68. The quantitative estimate of drug-likeness (QED) is 0.791. The van der Waals surface area contributed by atoms with Gasteiger partial charge in [-0.2, -0.15) is 0 Å². The van der Waals surface area contributed by atoms with Crippen LogP contribution in [0.4, 0.5) is 0 Å². The van der Waals surface area contributed by atoms with Gasteiger partial charge in [0.15, 0.2) is 0 Å². The van der Waals surface area contributed by atoms with Gasteiger partial charge in [0.2, 0.25) is 0 Å². The van der Waals surface area contributed by atoms with Gasteiger partial charge in [-0.25, -0.2) is 0 Å². The molecule has 2 unspecified atom stereocenters. The third kappa shape index (κ3) is 3.46. The van der Waals surface area contributed by atoms with Crippen LogP contribution >= 0.6 is 11.3 Å². The standard InChI is InChI=1S/C10H16O2S/c1-8(7-12-2)6-9(11)10-4-3-5-13-10/h3-5,8-9,11H,6-7H2,1-2H3. The number of rotatable bonds is 5. The second-order valence-corrected chi connectivity index (χ2v) is 4.31. The van der Waals surface area contributed by atoms with Gasteiger partial charge in [0.1, 0.15) is 0 Å². The number of ether oxygens (including phenoxy) is 1. The number of hydrogen-bond acceptors (Lipinski definition) is 3. The van der Waals surface area contributed by atoms with Gasteiger partial charge in [-0.3, -0.25) is 0 Å². The molecule has 2 atom stereocenters. The maximum absolute atomic E-state index is 9.76. The highest BCUT2D eigenvalue weighted by Crippen LogP contribution is 2.24. The summed E-state index contributed by atoms with van der Waals surface area (Å²) in [4.78, 5) is 1.04. The zero-order valence-electron chi connectivity index (χ0n) is 8.06. The summed E-state index contributed by atoms with van der Waals surface area (Å²) in [6.07, 6.45) is 0.444. The first-order chi connectivity index (χ1) is 6.24. The second-order valence-electron chi connectivity index (χ2n) is 3.33. The van der Waals surface area contributed by atoms with Crippen molar-refractivity contribution in [2.24, 2.45) is 5.92 Å². The van der Waals surface area contributed by atoms with Gasteiger partial charge in [0.25, 0.3) is 0 Å². The van der Waals surface area contributed by atoms with Crippen LogP contribution in [0.3, 0.4) is 0 Å². The summed E-state index contributed by atoms with van der Waals surface area (Å²) in [6, 6.07) is 3.93. The minimum atomic E-state index is -0.329. The van der Waals surface area contributed by atoms with Crippen molar-refractivity contribution < 1.29 is 9.84 Å². The molecule has 0 saturated carbocycles. The van der Waals surface area contributed by atoms with Gasteiger partial charge in [0, 0.05) is 18.6 Å². The summed E-state index contributed by atoms with van der Waals surface area (Å²) in [5, 5.41) is 11.7. The van der Waals surface area contributed by atoms with Crippen LogP contribution in [0.2, 0.25) is 0 Å². The Bertz CT molecular complexity index is 221. The maximum Gasteiger partial charge on any atom is 0.0885 e. The van der Waals surface area contributed by atoms with Crippen LogP contribution in [-0.4, -0.2) is 18.8 Å².